The predicted octanol–water partition coefficient (Wildman–Crippen LogP) is 1.35. The molecular weight excluding hydrogens is 300 g/mol. The van der Waals surface area contributed by atoms with Crippen molar-refractivity contribution in [2.45, 2.75) is 32.3 Å². The summed E-state index contributed by atoms with van der Waals surface area (Å²) in [7, 11) is 1.79. The van der Waals surface area contributed by atoms with Gasteiger partial charge in [0.25, 0.3) is 0 Å². The third-order valence-corrected chi connectivity index (χ3v) is 4.35. The first-order chi connectivity index (χ1) is 10.8. The van der Waals surface area contributed by atoms with Crippen LogP contribution in [0.4, 0.5) is 0 Å². The maximum Gasteiger partial charge on any atom is 0.190 e. The molecule has 0 bridgehead atoms. The quantitative estimate of drug-likeness (QED) is 0.429. The summed E-state index contributed by atoms with van der Waals surface area (Å²) in [6, 6.07) is 0. The fraction of sp³-hybridized carbons (Fsp3) is 0.733. The highest BCUT2D eigenvalue weighted by Crippen LogP contribution is 2.10. The number of aromatic nitrogens is 1. The number of aryl methyl sites for hydroxylation is 1. The minimum absolute atomic E-state index is 0.291. The molecule has 1 aromatic heterocycles. The van der Waals surface area contributed by atoms with Crippen LogP contribution in [0.15, 0.2) is 11.2 Å². The SMILES string of the molecule is CN=C(NCCCOC1CCOC1)NCCc1ncc(C)s1. The molecule has 22 heavy (non-hydrogen) atoms. The molecule has 2 N–H and O–H groups in total. The van der Waals surface area contributed by atoms with E-state index >= 15 is 0 Å². The lowest BCUT2D eigenvalue weighted by atomic mass is 10.3. The molecule has 1 atom stereocenters. The molecule has 1 saturated heterocycles. The summed E-state index contributed by atoms with van der Waals surface area (Å²) in [5, 5.41) is 7.76. The molecule has 0 spiro atoms. The summed E-state index contributed by atoms with van der Waals surface area (Å²) >= 11 is 1.75. The summed E-state index contributed by atoms with van der Waals surface area (Å²) in [4.78, 5) is 9.83. The van der Waals surface area contributed by atoms with Crippen molar-refractivity contribution < 1.29 is 9.47 Å². The molecule has 0 amide bonds. The van der Waals surface area contributed by atoms with Gasteiger partial charge in [-0.15, -0.1) is 11.3 Å². The molecule has 1 aliphatic heterocycles. The summed E-state index contributed by atoms with van der Waals surface area (Å²) in [6.07, 6.45) is 5.11. The minimum atomic E-state index is 0.291. The predicted molar refractivity (Wildman–Crippen MR) is 89.7 cm³/mol. The van der Waals surface area contributed by atoms with Crippen molar-refractivity contribution in [3.8, 4) is 0 Å². The second-order valence-electron chi connectivity index (χ2n) is 5.25. The van der Waals surface area contributed by atoms with E-state index in [0.29, 0.717) is 6.10 Å². The molecule has 7 heteroatoms. The van der Waals surface area contributed by atoms with E-state index in [1.807, 2.05) is 6.20 Å². The summed E-state index contributed by atoms with van der Waals surface area (Å²) in [6.45, 7) is 6.10. The van der Waals surface area contributed by atoms with Gasteiger partial charge in [0, 0.05) is 50.8 Å². The van der Waals surface area contributed by atoms with Crippen LogP contribution in [0.5, 0.6) is 0 Å². The van der Waals surface area contributed by atoms with E-state index < -0.39 is 0 Å². The number of guanidine groups is 1. The number of hydrogen-bond acceptors (Lipinski definition) is 5. The van der Waals surface area contributed by atoms with Gasteiger partial charge in [-0.1, -0.05) is 0 Å². The molecule has 0 aromatic carbocycles. The third kappa shape index (κ3) is 6.29. The van der Waals surface area contributed by atoms with Crippen LogP contribution < -0.4 is 10.6 Å². The Bertz CT molecular complexity index is 458. The smallest absolute Gasteiger partial charge is 0.190 e. The Morgan fingerprint density at radius 1 is 1.50 bits per heavy atom. The van der Waals surface area contributed by atoms with Gasteiger partial charge in [0.15, 0.2) is 5.96 Å². The van der Waals surface area contributed by atoms with Crippen molar-refractivity contribution in [2.24, 2.45) is 4.99 Å². The zero-order chi connectivity index (χ0) is 15.6. The molecule has 1 unspecified atom stereocenters. The molecule has 0 saturated carbocycles. The van der Waals surface area contributed by atoms with Crippen molar-refractivity contribution in [2.75, 3.05) is 40.0 Å². The Hall–Kier alpha value is -1.18. The third-order valence-electron chi connectivity index (χ3n) is 3.38. The van der Waals surface area contributed by atoms with E-state index in [1.54, 1.807) is 18.4 Å². The summed E-state index contributed by atoms with van der Waals surface area (Å²) in [5.74, 6) is 0.831. The number of ether oxygens (including phenoxy) is 2. The first-order valence-electron chi connectivity index (χ1n) is 7.83. The van der Waals surface area contributed by atoms with Crippen molar-refractivity contribution in [1.82, 2.24) is 15.6 Å². The summed E-state index contributed by atoms with van der Waals surface area (Å²) in [5.41, 5.74) is 0. The number of rotatable bonds is 8. The molecule has 6 nitrogen and oxygen atoms in total. The van der Waals surface area contributed by atoms with E-state index in [4.69, 9.17) is 9.47 Å². The van der Waals surface area contributed by atoms with E-state index in [-0.39, 0.29) is 0 Å². The first kappa shape index (κ1) is 17.2. The highest BCUT2D eigenvalue weighted by molar-refractivity contribution is 7.11. The van der Waals surface area contributed by atoms with Gasteiger partial charge in [0.1, 0.15) is 0 Å². The average Bonchev–Trinajstić information content (AvgIpc) is 3.17. The van der Waals surface area contributed by atoms with Crippen LogP contribution in [-0.2, 0) is 15.9 Å². The van der Waals surface area contributed by atoms with Gasteiger partial charge in [-0.2, -0.15) is 0 Å². The Labute approximate surface area is 136 Å². The number of aliphatic imine (C=N–C) groups is 1. The first-order valence-corrected chi connectivity index (χ1v) is 8.64. The summed E-state index contributed by atoms with van der Waals surface area (Å²) < 4.78 is 11.0. The lowest BCUT2D eigenvalue weighted by Gasteiger charge is -2.12. The normalized spacial score (nSPS) is 18.6. The maximum atomic E-state index is 5.73. The number of hydrogen-bond donors (Lipinski definition) is 2. The highest BCUT2D eigenvalue weighted by atomic mass is 32.1. The Kier molecular flexibility index (Phi) is 7.62. The Morgan fingerprint density at radius 2 is 2.36 bits per heavy atom. The van der Waals surface area contributed by atoms with Crippen molar-refractivity contribution in [1.29, 1.82) is 0 Å². The number of nitrogens with one attached hydrogen (secondary N) is 2. The van der Waals surface area contributed by atoms with Gasteiger partial charge in [-0.05, 0) is 19.8 Å². The van der Waals surface area contributed by atoms with Gasteiger partial charge < -0.3 is 20.1 Å². The highest BCUT2D eigenvalue weighted by Gasteiger charge is 2.15. The fourth-order valence-electron chi connectivity index (χ4n) is 2.20. The van der Waals surface area contributed by atoms with Gasteiger partial charge in [-0.3, -0.25) is 4.99 Å². The minimum Gasteiger partial charge on any atom is -0.379 e. The zero-order valence-corrected chi connectivity index (χ0v) is 14.2. The maximum absolute atomic E-state index is 5.73. The molecule has 1 fully saturated rings. The molecule has 124 valence electrons. The molecule has 0 radical (unpaired) electrons. The van der Waals surface area contributed by atoms with E-state index in [0.717, 1.165) is 63.1 Å². The van der Waals surface area contributed by atoms with Gasteiger partial charge >= 0.3 is 0 Å². The van der Waals surface area contributed by atoms with Crippen LogP contribution in [0.2, 0.25) is 0 Å². The van der Waals surface area contributed by atoms with Crippen LogP contribution >= 0.6 is 11.3 Å². The van der Waals surface area contributed by atoms with Crippen LogP contribution in [0.1, 0.15) is 22.7 Å². The lowest BCUT2D eigenvalue weighted by molar-refractivity contribution is 0.0420. The molecule has 2 rings (SSSR count). The van der Waals surface area contributed by atoms with Crippen LogP contribution in [0, 0.1) is 6.92 Å². The average molecular weight is 326 g/mol. The Morgan fingerprint density at radius 3 is 3.05 bits per heavy atom. The van der Waals surface area contributed by atoms with Crippen LogP contribution in [0.3, 0.4) is 0 Å². The van der Waals surface area contributed by atoms with Gasteiger partial charge in [0.2, 0.25) is 0 Å². The topological polar surface area (TPSA) is 67.8 Å². The lowest BCUT2D eigenvalue weighted by Crippen LogP contribution is -2.39. The largest absolute Gasteiger partial charge is 0.379 e. The van der Waals surface area contributed by atoms with Crippen molar-refractivity contribution in [3.05, 3.63) is 16.1 Å². The number of thiazole rings is 1. The second kappa shape index (κ2) is 9.76. The fourth-order valence-corrected chi connectivity index (χ4v) is 2.99. The van der Waals surface area contributed by atoms with Gasteiger partial charge in [0.05, 0.1) is 17.7 Å². The van der Waals surface area contributed by atoms with E-state index in [9.17, 15) is 0 Å². The molecular formula is C15H26N4O2S. The van der Waals surface area contributed by atoms with E-state index in [1.165, 1.54) is 4.88 Å². The zero-order valence-electron chi connectivity index (χ0n) is 13.4. The van der Waals surface area contributed by atoms with Crippen LogP contribution in [0.25, 0.3) is 0 Å². The van der Waals surface area contributed by atoms with Crippen molar-refractivity contribution in [3.63, 3.8) is 0 Å². The number of nitrogens with zero attached hydrogens (tertiary/aromatic N) is 2. The standard InChI is InChI=1S/C15H26N4O2S/c1-12-10-19-14(22-12)4-7-18-15(16-2)17-6-3-8-21-13-5-9-20-11-13/h10,13H,3-9,11H2,1-2H3,(H2,16,17,18). The monoisotopic (exact) mass is 326 g/mol. The molecule has 0 aliphatic carbocycles. The molecule has 1 aromatic rings. The molecule has 1 aliphatic rings. The second-order valence-corrected chi connectivity index (χ2v) is 6.57. The molecule has 2 heterocycles. The van der Waals surface area contributed by atoms with Gasteiger partial charge in [-0.25, -0.2) is 4.98 Å². The van der Waals surface area contributed by atoms with E-state index in [2.05, 4.69) is 27.5 Å². The van der Waals surface area contributed by atoms with Crippen molar-refractivity contribution >= 4 is 17.3 Å². The van der Waals surface area contributed by atoms with Crippen LogP contribution in [-0.4, -0.2) is 57.0 Å². The Balaban J connectivity index is 1.51.